The fourth-order valence-corrected chi connectivity index (χ4v) is 8.86. The highest BCUT2D eigenvalue weighted by molar-refractivity contribution is 6.69. The Hall–Kier alpha value is -0.153. The highest BCUT2D eigenvalue weighted by atomic mass is 28.4. The van der Waals surface area contributed by atoms with Crippen LogP contribution in [0.2, 0.25) is 19.6 Å². The van der Waals surface area contributed by atoms with Crippen molar-refractivity contribution in [2.45, 2.75) is 97.4 Å². The molecule has 0 aromatic carbocycles. The lowest BCUT2D eigenvalue weighted by Crippen LogP contribution is -2.54. The van der Waals surface area contributed by atoms with Crippen molar-refractivity contribution >= 4 is 14.1 Å². The molecule has 4 fully saturated rings. The van der Waals surface area contributed by atoms with Crippen molar-refractivity contribution in [3.63, 3.8) is 0 Å². The minimum absolute atomic E-state index is 0.412. The standard InChI is InChI=1S/C22H38O2Si/c1-21-12-10-16(23)14-15(21)6-7-17-18-8-9-20(24-25(3,4)5)22(18,2)13-11-19(17)21/h15,17-20H,6-14H2,1-5H3/t15-,17?,18?,19?,20+,21+,22+/m1/s1. The van der Waals surface area contributed by atoms with Crippen LogP contribution in [0.5, 0.6) is 0 Å². The van der Waals surface area contributed by atoms with Gasteiger partial charge in [-0.15, -0.1) is 0 Å². The van der Waals surface area contributed by atoms with Crippen LogP contribution in [0.1, 0.15) is 71.6 Å². The highest BCUT2D eigenvalue weighted by Gasteiger charge is 2.60. The zero-order chi connectivity index (χ0) is 18.0. The van der Waals surface area contributed by atoms with Gasteiger partial charge in [0.2, 0.25) is 0 Å². The summed E-state index contributed by atoms with van der Waals surface area (Å²) < 4.78 is 6.69. The third-order valence-corrected chi connectivity index (χ3v) is 9.88. The van der Waals surface area contributed by atoms with Crippen LogP contribution < -0.4 is 0 Å². The number of ketones is 1. The van der Waals surface area contributed by atoms with Gasteiger partial charge in [-0.25, -0.2) is 0 Å². The van der Waals surface area contributed by atoms with Crippen LogP contribution in [-0.4, -0.2) is 20.2 Å². The first kappa shape index (κ1) is 18.2. The van der Waals surface area contributed by atoms with Crippen LogP contribution in [0.4, 0.5) is 0 Å². The third kappa shape index (κ3) is 2.88. The van der Waals surface area contributed by atoms with E-state index in [4.69, 9.17) is 4.43 Å². The molecule has 2 nitrogen and oxygen atoms in total. The summed E-state index contributed by atoms with van der Waals surface area (Å²) in [6.07, 6.45) is 11.5. The maximum Gasteiger partial charge on any atom is 0.184 e. The van der Waals surface area contributed by atoms with Crippen molar-refractivity contribution in [1.82, 2.24) is 0 Å². The van der Waals surface area contributed by atoms with Crippen LogP contribution in [0.3, 0.4) is 0 Å². The molecule has 3 heteroatoms. The Kier molecular flexibility index (Phi) is 4.32. The number of fused-ring (bicyclic) bond motifs is 5. The van der Waals surface area contributed by atoms with Gasteiger partial charge in [0.15, 0.2) is 8.32 Å². The van der Waals surface area contributed by atoms with Gasteiger partial charge in [-0.2, -0.15) is 0 Å². The average molecular weight is 363 g/mol. The Morgan fingerprint density at radius 1 is 0.920 bits per heavy atom. The zero-order valence-corrected chi connectivity index (χ0v) is 18.1. The van der Waals surface area contributed by atoms with Gasteiger partial charge in [-0.1, -0.05) is 13.8 Å². The smallest absolute Gasteiger partial charge is 0.184 e. The molecule has 0 radical (unpaired) electrons. The second-order valence-corrected chi connectivity index (χ2v) is 15.7. The lowest BCUT2D eigenvalue weighted by atomic mass is 9.45. The molecule has 0 aliphatic heterocycles. The van der Waals surface area contributed by atoms with Crippen LogP contribution in [0.25, 0.3) is 0 Å². The summed E-state index contributed by atoms with van der Waals surface area (Å²) in [5.74, 6) is 3.83. The molecular weight excluding hydrogens is 324 g/mol. The van der Waals surface area contributed by atoms with Crippen molar-refractivity contribution in [2.24, 2.45) is 34.5 Å². The summed E-state index contributed by atoms with van der Waals surface area (Å²) in [5.41, 5.74) is 0.852. The van der Waals surface area contributed by atoms with E-state index in [9.17, 15) is 4.79 Å². The van der Waals surface area contributed by atoms with E-state index in [1.54, 1.807) is 0 Å². The fraction of sp³-hybridized carbons (Fsp3) is 0.955. The maximum atomic E-state index is 12.0. The van der Waals surface area contributed by atoms with Gasteiger partial charge in [0.05, 0.1) is 6.10 Å². The maximum absolute atomic E-state index is 12.0. The molecule has 0 bridgehead atoms. The summed E-state index contributed by atoms with van der Waals surface area (Å²) in [6.45, 7) is 12.2. The monoisotopic (exact) mass is 362 g/mol. The predicted molar refractivity (Wildman–Crippen MR) is 105 cm³/mol. The first-order valence-corrected chi connectivity index (χ1v) is 14.2. The topological polar surface area (TPSA) is 26.3 Å². The molecule has 0 amide bonds. The van der Waals surface area contributed by atoms with Crippen LogP contribution in [0, 0.1) is 34.5 Å². The molecule has 0 saturated heterocycles. The first-order chi connectivity index (χ1) is 11.6. The van der Waals surface area contributed by atoms with E-state index in [0.717, 1.165) is 37.0 Å². The number of hydrogen-bond acceptors (Lipinski definition) is 2. The van der Waals surface area contributed by atoms with Gasteiger partial charge in [0, 0.05) is 12.8 Å². The molecule has 0 N–H and O–H groups in total. The summed E-state index contributed by atoms with van der Waals surface area (Å²) in [5, 5.41) is 0. The van der Waals surface area contributed by atoms with Gasteiger partial charge in [0.1, 0.15) is 5.78 Å². The Balaban J connectivity index is 1.57. The summed E-state index contributed by atoms with van der Waals surface area (Å²) in [7, 11) is -1.48. The van der Waals surface area contributed by atoms with Crippen molar-refractivity contribution in [3.8, 4) is 0 Å². The summed E-state index contributed by atoms with van der Waals surface area (Å²) >= 11 is 0. The number of carbonyl (C=O) groups excluding carboxylic acids is 1. The lowest BCUT2D eigenvalue weighted by Gasteiger charge is -2.60. The minimum Gasteiger partial charge on any atom is -0.414 e. The van der Waals surface area contributed by atoms with Crippen LogP contribution in [-0.2, 0) is 9.22 Å². The summed E-state index contributed by atoms with van der Waals surface area (Å²) in [4.78, 5) is 12.0. The van der Waals surface area contributed by atoms with Gasteiger partial charge >= 0.3 is 0 Å². The van der Waals surface area contributed by atoms with E-state index >= 15 is 0 Å². The molecule has 25 heavy (non-hydrogen) atoms. The van der Waals surface area contributed by atoms with E-state index in [2.05, 4.69) is 33.5 Å². The molecule has 0 aromatic heterocycles. The van der Waals surface area contributed by atoms with Gasteiger partial charge in [0.25, 0.3) is 0 Å². The minimum atomic E-state index is -1.48. The second kappa shape index (κ2) is 5.92. The molecule has 0 spiro atoms. The average Bonchev–Trinajstić information content (AvgIpc) is 2.83. The van der Waals surface area contributed by atoms with Crippen molar-refractivity contribution in [2.75, 3.05) is 0 Å². The van der Waals surface area contributed by atoms with Gasteiger partial charge in [-0.3, -0.25) is 4.79 Å². The lowest BCUT2D eigenvalue weighted by molar-refractivity contribution is -0.141. The van der Waals surface area contributed by atoms with Gasteiger partial charge in [-0.05, 0) is 99.1 Å². The second-order valence-electron chi connectivity index (χ2n) is 11.2. The Morgan fingerprint density at radius 3 is 2.36 bits per heavy atom. The molecule has 4 aliphatic carbocycles. The van der Waals surface area contributed by atoms with E-state index < -0.39 is 8.32 Å². The van der Waals surface area contributed by atoms with Crippen molar-refractivity contribution < 1.29 is 9.22 Å². The van der Waals surface area contributed by atoms with Crippen LogP contribution in [0.15, 0.2) is 0 Å². The van der Waals surface area contributed by atoms with E-state index in [-0.39, 0.29) is 0 Å². The zero-order valence-electron chi connectivity index (χ0n) is 17.1. The molecule has 0 heterocycles. The fourth-order valence-electron chi connectivity index (χ4n) is 7.62. The van der Waals surface area contributed by atoms with Crippen molar-refractivity contribution in [1.29, 1.82) is 0 Å². The van der Waals surface area contributed by atoms with E-state index in [1.807, 2.05) is 0 Å². The largest absolute Gasteiger partial charge is 0.414 e. The first-order valence-electron chi connectivity index (χ1n) is 10.8. The quantitative estimate of drug-likeness (QED) is 0.579. The number of carbonyl (C=O) groups is 1. The van der Waals surface area contributed by atoms with Crippen molar-refractivity contribution in [3.05, 3.63) is 0 Å². The molecule has 4 aliphatic rings. The van der Waals surface area contributed by atoms with E-state index in [0.29, 0.717) is 28.6 Å². The Bertz CT molecular complexity index is 553. The third-order valence-electron chi connectivity index (χ3n) is 8.89. The normalized spacial score (nSPS) is 50.1. The molecule has 142 valence electrons. The predicted octanol–water partition coefficient (Wildman–Crippen LogP) is 5.82. The number of hydrogen-bond donors (Lipinski definition) is 0. The SMILES string of the molecule is C[C@]12CCC3C(CC[C@@H]4CC(=O)CC[C@]34C)C1CC[C@@H]2O[Si](C)(C)C. The number of Topliss-reactive ketones (excluding diaryl/α,β-unsaturated/α-hetero) is 1. The van der Waals surface area contributed by atoms with Crippen LogP contribution >= 0.6 is 0 Å². The molecule has 0 aromatic rings. The molecule has 4 rings (SSSR count). The molecule has 4 saturated carbocycles. The van der Waals surface area contributed by atoms with E-state index in [1.165, 1.54) is 38.5 Å². The summed E-state index contributed by atoms with van der Waals surface area (Å²) in [6, 6.07) is 0. The Morgan fingerprint density at radius 2 is 1.64 bits per heavy atom. The molecule has 7 atom stereocenters. The van der Waals surface area contributed by atoms with Gasteiger partial charge < -0.3 is 4.43 Å². The Labute approximate surface area is 155 Å². The molecular formula is C22H38O2Si. The number of rotatable bonds is 2. The highest BCUT2D eigenvalue weighted by Crippen LogP contribution is 2.66. The molecule has 3 unspecified atom stereocenters.